The summed E-state index contributed by atoms with van der Waals surface area (Å²) in [7, 11) is 0. The Hall–Kier alpha value is -4.21. The Morgan fingerprint density at radius 3 is 2.36 bits per heavy atom. The number of carboxylic acids is 1. The molecule has 1 aliphatic rings. The Bertz CT molecular complexity index is 1150. The largest absolute Gasteiger partial charge is 0.480 e. The van der Waals surface area contributed by atoms with Crippen molar-refractivity contribution >= 4 is 18.0 Å². The molecule has 3 aromatic rings. The maximum Gasteiger partial charge on any atom is 0.407 e. The molecule has 0 unspecified atom stereocenters. The Kier molecular flexibility index (Phi) is 6.34. The monoisotopic (exact) mass is 449 g/mol. The summed E-state index contributed by atoms with van der Waals surface area (Å²) >= 11 is 0. The summed E-state index contributed by atoms with van der Waals surface area (Å²) in [6.07, 6.45) is 0.741. The molecule has 0 saturated carbocycles. The molecular formula is C23H23N5O5. The number of amides is 2. The number of carboxylic acid groups (broad SMARTS) is 1. The van der Waals surface area contributed by atoms with E-state index < -0.39 is 24.0 Å². The van der Waals surface area contributed by atoms with E-state index in [1.54, 1.807) is 0 Å². The van der Waals surface area contributed by atoms with Gasteiger partial charge < -0.3 is 20.5 Å². The van der Waals surface area contributed by atoms with Crippen LogP contribution >= 0.6 is 0 Å². The normalized spacial score (nSPS) is 13.0. The third-order valence-electron chi connectivity index (χ3n) is 5.40. The van der Waals surface area contributed by atoms with E-state index >= 15 is 0 Å². The smallest absolute Gasteiger partial charge is 0.407 e. The second-order valence-corrected chi connectivity index (χ2v) is 7.71. The number of nitrogens with one attached hydrogen (secondary N) is 2. The van der Waals surface area contributed by atoms with Crippen molar-refractivity contribution in [3.05, 3.63) is 71.5 Å². The molecule has 1 aliphatic carbocycles. The first kappa shape index (κ1) is 22.0. The van der Waals surface area contributed by atoms with Gasteiger partial charge in [0.05, 0.1) is 12.7 Å². The van der Waals surface area contributed by atoms with Crippen molar-refractivity contribution < 1.29 is 24.2 Å². The number of nitrogens with zero attached hydrogens (tertiary/aromatic N) is 3. The van der Waals surface area contributed by atoms with Crippen molar-refractivity contribution in [2.75, 3.05) is 6.61 Å². The lowest BCUT2D eigenvalue weighted by Gasteiger charge is -2.17. The average molecular weight is 449 g/mol. The zero-order valence-electron chi connectivity index (χ0n) is 17.9. The zero-order chi connectivity index (χ0) is 23.4. The third-order valence-corrected chi connectivity index (χ3v) is 5.40. The van der Waals surface area contributed by atoms with Crippen LogP contribution in [0.1, 0.15) is 29.7 Å². The minimum absolute atomic E-state index is 0.0508. The van der Waals surface area contributed by atoms with Crippen LogP contribution in [-0.2, 0) is 27.4 Å². The van der Waals surface area contributed by atoms with E-state index in [1.165, 1.54) is 13.1 Å². The second kappa shape index (κ2) is 9.51. The van der Waals surface area contributed by atoms with Gasteiger partial charge in [-0.05, 0) is 29.2 Å². The third kappa shape index (κ3) is 5.00. The molecule has 10 heteroatoms. The summed E-state index contributed by atoms with van der Waals surface area (Å²) in [4.78, 5) is 35.3. The van der Waals surface area contributed by atoms with Gasteiger partial charge in [0.25, 0.3) is 0 Å². The molecule has 33 heavy (non-hydrogen) atoms. The summed E-state index contributed by atoms with van der Waals surface area (Å²) < 4.78 is 6.61. The maximum atomic E-state index is 12.3. The fourth-order valence-corrected chi connectivity index (χ4v) is 3.85. The van der Waals surface area contributed by atoms with E-state index in [0.29, 0.717) is 5.69 Å². The van der Waals surface area contributed by atoms with Crippen LogP contribution < -0.4 is 10.6 Å². The molecule has 1 heterocycles. The number of fused-ring (bicyclic) bond motifs is 3. The van der Waals surface area contributed by atoms with Gasteiger partial charge in [0.1, 0.15) is 24.9 Å². The maximum absolute atomic E-state index is 12.3. The van der Waals surface area contributed by atoms with E-state index in [1.807, 2.05) is 36.4 Å². The highest BCUT2D eigenvalue weighted by Crippen LogP contribution is 2.44. The molecule has 170 valence electrons. The van der Waals surface area contributed by atoms with Gasteiger partial charge in [-0.25, -0.2) is 9.48 Å². The number of ether oxygens (including phenoxy) is 1. The van der Waals surface area contributed by atoms with Crippen LogP contribution in [-0.4, -0.2) is 50.7 Å². The lowest BCUT2D eigenvalue weighted by Crippen LogP contribution is -2.45. The summed E-state index contributed by atoms with van der Waals surface area (Å²) in [6, 6.07) is 15.2. The number of alkyl carbamates (subject to hydrolysis) is 1. The van der Waals surface area contributed by atoms with Crippen molar-refractivity contribution in [2.24, 2.45) is 0 Å². The van der Waals surface area contributed by atoms with Gasteiger partial charge in [0.2, 0.25) is 5.91 Å². The summed E-state index contributed by atoms with van der Waals surface area (Å²) in [6.45, 7) is 1.43. The molecule has 2 amide bonds. The topological polar surface area (TPSA) is 135 Å². The predicted octanol–water partition coefficient (Wildman–Crippen LogP) is 1.91. The highest BCUT2D eigenvalue weighted by Gasteiger charge is 2.29. The van der Waals surface area contributed by atoms with Crippen LogP contribution in [0.2, 0.25) is 0 Å². The lowest BCUT2D eigenvalue weighted by atomic mass is 9.98. The minimum Gasteiger partial charge on any atom is -0.480 e. The predicted molar refractivity (Wildman–Crippen MR) is 117 cm³/mol. The first-order valence-electron chi connectivity index (χ1n) is 10.4. The number of carbonyl (C=O) groups excluding carboxylic acids is 2. The van der Waals surface area contributed by atoms with Gasteiger partial charge in [0.15, 0.2) is 0 Å². The van der Waals surface area contributed by atoms with Crippen LogP contribution in [0.3, 0.4) is 0 Å². The van der Waals surface area contributed by atoms with Crippen molar-refractivity contribution in [1.29, 1.82) is 0 Å². The molecular weight excluding hydrogens is 426 g/mol. The van der Waals surface area contributed by atoms with Gasteiger partial charge in [-0.2, -0.15) is 0 Å². The lowest BCUT2D eigenvalue weighted by molar-refractivity contribution is -0.138. The summed E-state index contributed by atoms with van der Waals surface area (Å²) in [5, 5.41) is 21.4. The number of aromatic nitrogens is 3. The van der Waals surface area contributed by atoms with Gasteiger partial charge in [-0.1, -0.05) is 53.7 Å². The van der Waals surface area contributed by atoms with Crippen LogP contribution in [0.5, 0.6) is 0 Å². The zero-order valence-corrected chi connectivity index (χ0v) is 17.9. The van der Waals surface area contributed by atoms with Crippen LogP contribution in [0.15, 0.2) is 54.7 Å². The Balaban J connectivity index is 1.28. The number of aliphatic carboxylic acids is 1. The van der Waals surface area contributed by atoms with E-state index in [-0.39, 0.29) is 25.6 Å². The Morgan fingerprint density at radius 2 is 1.73 bits per heavy atom. The molecule has 2 aromatic carbocycles. The van der Waals surface area contributed by atoms with Crippen molar-refractivity contribution in [3.63, 3.8) is 0 Å². The molecule has 0 bridgehead atoms. The van der Waals surface area contributed by atoms with Gasteiger partial charge in [0, 0.05) is 5.92 Å². The molecule has 3 N–H and O–H groups in total. The van der Waals surface area contributed by atoms with Crippen LogP contribution in [0, 0.1) is 0 Å². The van der Waals surface area contributed by atoms with Gasteiger partial charge in [-0.3, -0.25) is 9.59 Å². The van der Waals surface area contributed by atoms with Crippen LogP contribution in [0.4, 0.5) is 4.79 Å². The standard InChI is InChI=1S/C23H23N5O5/c1-14(22(31)24-10-15-11-28(27-26-15)12-21(29)30)25-23(32)33-13-20-18-8-4-2-6-16(18)17-7-3-5-9-19(17)20/h2-9,11,14,20H,10,12-13H2,1H3,(H,24,31)(H,25,32)(H,29,30)/t14-/m0/s1. The molecule has 0 spiro atoms. The van der Waals surface area contributed by atoms with E-state index in [2.05, 4.69) is 33.1 Å². The molecule has 1 atom stereocenters. The van der Waals surface area contributed by atoms with E-state index in [0.717, 1.165) is 26.9 Å². The minimum atomic E-state index is -1.04. The number of benzene rings is 2. The van der Waals surface area contributed by atoms with E-state index in [4.69, 9.17) is 9.84 Å². The Morgan fingerprint density at radius 1 is 1.09 bits per heavy atom. The second-order valence-electron chi connectivity index (χ2n) is 7.71. The van der Waals surface area contributed by atoms with Crippen molar-refractivity contribution in [3.8, 4) is 11.1 Å². The molecule has 0 radical (unpaired) electrons. The highest BCUT2D eigenvalue weighted by molar-refractivity contribution is 5.85. The summed E-state index contributed by atoms with van der Waals surface area (Å²) in [5.74, 6) is -1.55. The SMILES string of the molecule is C[C@H](NC(=O)OCC1c2ccccc2-c2ccccc21)C(=O)NCc1cn(CC(=O)O)nn1. The molecule has 0 saturated heterocycles. The van der Waals surface area contributed by atoms with Crippen LogP contribution in [0.25, 0.3) is 11.1 Å². The highest BCUT2D eigenvalue weighted by atomic mass is 16.5. The van der Waals surface area contributed by atoms with Gasteiger partial charge in [-0.15, -0.1) is 5.10 Å². The molecule has 0 fully saturated rings. The van der Waals surface area contributed by atoms with Gasteiger partial charge >= 0.3 is 12.1 Å². The number of rotatable bonds is 8. The first-order valence-corrected chi connectivity index (χ1v) is 10.4. The number of hydrogen-bond donors (Lipinski definition) is 3. The molecule has 1 aromatic heterocycles. The average Bonchev–Trinajstić information content (AvgIpc) is 3.37. The Labute approximate surface area is 189 Å². The first-order chi connectivity index (χ1) is 15.9. The summed E-state index contributed by atoms with van der Waals surface area (Å²) in [5.41, 5.74) is 4.88. The molecule has 4 rings (SSSR count). The molecule has 0 aliphatic heterocycles. The molecule has 10 nitrogen and oxygen atoms in total. The number of hydrogen-bond acceptors (Lipinski definition) is 6. The number of carbonyl (C=O) groups is 3. The van der Waals surface area contributed by atoms with Crippen molar-refractivity contribution in [2.45, 2.75) is 32.0 Å². The fourth-order valence-electron chi connectivity index (χ4n) is 3.85. The fraction of sp³-hybridized carbons (Fsp3) is 0.261. The quantitative estimate of drug-likeness (QED) is 0.478. The van der Waals surface area contributed by atoms with Crippen molar-refractivity contribution in [1.82, 2.24) is 25.6 Å². The van der Waals surface area contributed by atoms with E-state index in [9.17, 15) is 14.4 Å².